The van der Waals surface area contributed by atoms with Crippen LogP contribution in [0, 0.1) is 11.3 Å². The largest absolute Gasteiger partial charge is 0.378 e. The van der Waals surface area contributed by atoms with Crippen molar-refractivity contribution in [2.45, 2.75) is 52.2 Å². The fourth-order valence-electron chi connectivity index (χ4n) is 2.97. The molecule has 1 N–H and O–H groups in total. The lowest BCUT2D eigenvalue weighted by molar-refractivity contribution is -0.118. The summed E-state index contributed by atoms with van der Waals surface area (Å²) in [4.78, 5) is 14.9. The van der Waals surface area contributed by atoms with Crippen molar-refractivity contribution in [1.82, 2.24) is 5.32 Å². The van der Waals surface area contributed by atoms with Crippen molar-refractivity contribution in [2.24, 2.45) is 0 Å². The highest BCUT2D eigenvalue weighted by atomic mass is 16.5. The number of nitrogens with one attached hydrogen (secondary N) is 1. The van der Waals surface area contributed by atoms with E-state index in [0.29, 0.717) is 13.0 Å². The van der Waals surface area contributed by atoms with Crippen molar-refractivity contribution in [3.05, 3.63) is 35.4 Å². The molecule has 1 aliphatic rings. The number of carbonyl (C=O) groups is 1. The third-order valence-corrected chi connectivity index (χ3v) is 4.66. The molecule has 1 aliphatic heterocycles. The summed E-state index contributed by atoms with van der Waals surface area (Å²) in [7, 11) is 0. The number of carbonyl (C=O) groups excluding carboxylic acids is 1. The maximum absolute atomic E-state index is 12.6. The van der Waals surface area contributed by atoms with Crippen LogP contribution in [0.2, 0.25) is 0 Å². The molecule has 1 aromatic rings. The normalized spacial score (nSPS) is 15.7. The Labute approximate surface area is 174 Å². The van der Waals surface area contributed by atoms with Crippen molar-refractivity contribution in [1.29, 1.82) is 5.26 Å². The minimum absolute atomic E-state index is 0.0916. The maximum Gasteiger partial charge on any atom is 0.262 e. The Balaban J connectivity index is 1.99. The van der Waals surface area contributed by atoms with Gasteiger partial charge in [0.15, 0.2) is 0 Å². The molecule has 0 unspecified atom stereocenters. The van der Waals surface area contributed by atoms with Crippen LogP contribution in [0.25, 0.3) is 6.08 Å². The number of rotatable bonds is 7. The summed E-state index contributed by atoms with van der Waals surface area (Å²) in [6, 6.07) is 9.90. The minimum Gasteiger partial charge on any atom is -0.378 e. The number of nitriles is 1. The molecular weight excluding hydrogens is 366 g/mol. The van der Waals surface area contributed by atoms with Crippen LogP contribution in [0.4, 0.5) is 5.69 Å². The summed E-state index contributed by atoms with van der Waals surface area (Å²) >= 11 is 0. The van der Waals surface area contributed by atoms with Crippen LogP contribution in [0.5, 0.6) is 0 Å². The fourth-order valence-corrected chi connectivity index (χ4v) is 2.97. The van der Waals surface area contributed by atoms with E-state index in [-0.39, 0.29) is 17.1 Å². The molecule has 158 valence electrons. The molecule has 0 bridgehead atoms. The summed E-state index contributed by atoms with van der Waals surface area (Å²) in [5.74, 6) is -0.370. The van der Waals surface area contributed by atoms with E-state index < -0.39 is 5.54 Å². The lowest BCUT2D eigenvalue weighted by Crippen LogP contribution is -2.45. The zero-order chi connectivity index (χ0) is 21.5. The second-order valence-electron chi connectivity index (χ2n) is 8.91. The van der Waals surface area contributed by atoms with Crippen molar-refractivity contribution in [3.8, 4) is 6.07 Å². The monoisotopic (exact) mass is 399 g/mol. The highest BCUT2D eigenvalue weighted by molar-refractivity contribution is 6.02. The van der Waals surface area contributed by atoms with E-state index in [9.17, 15) is 10.1 Å². The van der Waals surface area contributed by atoms with Gasteiger partial charge in [0, 0.05) is 30.9 Å². The molecule has 0 radical (unpaired) electrons. The third kappa shape index (κ3) is 7.88. The molecule has 0 saturated carbocycles. The van der Waals surface area contributed by atoms with Crippen molar-refractivity contribution >= 4 is 17.7 Å². The summed E-state index contributed by atoms with van der Waals surface area (Å²) < 4.78 is 11.1. The average Bonchev–Trinajstić information content (AvgIpc) is 2.65. The van der Waals surface area contributed by atoms with Gasteiger partial charge in [0.05, 0.1) is 18.8 Å². The predicted molar refractivity (Wildman–Crippen MR) is 116 cm³/mol. The van der Waals surface area contributed by atoms with Gasteiger partial charge in [-0.25, -0.2) is 0 Å². The average molecular weight is 400 g/mol. The SMILES string of the molecule is CC(C)(CCOC(C)(C)C)NC(=O)C(C#N)=Cc1ccc(N2CCOCC2)cc1. The first-order chi connectivity index (χ1) is 13.6. The molecule has 1 saturated heterocycles. The van der Waals surface area contributed by atoms with Gasteiger partial charge in [-0.05, 0) is 64.8 Å². The quantitative estimate of drug-likeness (QED) is 0.561. The Morgan fingerprint density at radius 1 is 1.21 bits per heavy atom. The standard InChI is InChI=1S/C23H33N3O3/c1-22(2,3)29-13-10-23(4,5)25-21(27)19(17-24)16-18-6-8-20(9-7-18)26-11-14-28-15-12-26/h6-9,16H,10-15H2,1-5H3,(H,25,27). The predicted octanol–water partition coefficient (Wildman–Crippen LogP) is 3.53. The zero-order valence-electron chi connectivity index (χ0n) is 18.2. The van der Waals surface area contributed by atoms with Gasteiger partial charge >= 0.3 is 0 Å². The molecule has 0 aliphatic carbocycles. The third-order valence-electron chi connectivity index (χ3n) is 4.66. The summed E-state index contributed by atoms with van der Waals surface area (Å²) in [5.41, 5.74) is 1.34. The Kier molecular flexibility index (Phi) is 7.83. The van der Waals surface area contributed by atoms with Gasteiger partial charge in [0.2, 0.25) is 0 Å². The van der Waals surface area contributed by atoms with Crippen molar-refractivity contribution in [2.75, 3.05) is 37.8 Å². The van der Waals surface area contributed by atoms with Gasteiger partial charge in [-0.1, -0.05) is 12.1 Å². The van der Waals surface area contributed by atoms with E-state index in [2.05, 4.69) is 10.2 Å². The van der Waals surface area contributed by atoms with Crippen LogP contribution >= 0.6 is 0 Å². The minimum atomic E-state index is -0.474. The molecule has 6 nitrogen and oxygen atoms in total. The molecular formula is C23H33N3O3. The van der Waals surface area contributed by atoms with E-state index in [1.54, 1.807) is 6.08 Å². The van der Waals surface area contributed by atoms with Gasteiger partial charge in [-0.2, -0.15) is 5.26 Å². The van der Waals surface area contributed by atoms with Crippen LogP contribution in [-0.2, 0) is 14.3 Å². The van der Waals surface area contributed by atoms with Crippen LogP contribution in [0.1, 0.15) is 46.6 Å². The van der Waals surface area contributed by atoms with Crippen LogP contribution in [-0.4, -0.2) is 50.0 Å². The zero-order valence-corrected chi connectivity index (χ0v) is 18.2. The topological polar surface area (TPSA) is 74.6 Å². The van der Waals surface area contributed by atoms with E-state index >= 15 is 0 Å². The van der Waals surface area contributed by atoms with Crippen molar-refractivity contribution in [3.63, 3.8) is 0 Å². The first kappa shape index (κ1) is 22.9. The van der Waals surface area contributed by atoms with E-state index in [1.165, 1.54) is 0 Å². The van der Waals surface area contributed by atoms with E-state index in [1.807, 2.05) is 65.0 Å². The maximum atomic E-state index is 12.6. The van der Waals surface area contributed by atoms with Crippen LogP contribution < -0.4 is 10.2 Å². The Morgan fingerprint density at radius 3 is 2.38 bits per heavy atom. The number of hydrogen-bond acceptors (Lipinski definition) is 5. The van der Waals surface area contributed by atoms with Gasteiger partial charge in [-0.3, -0.25) is 4.79 Å². The highest BCUT2D eigenvalue weighted by Crippen LogP contribution is 2.19. The van der Waals surface area contributed by atoms with E-state index in [4.69, 9.17) is 9.47 Å². The number of hydrogen-bond donors (Lipinski definition) is 1. The summed E-state index contributed by atoms with van der Waals surface area (Å²) in [6.45, 7) is 13.6. The second kappa shape index (κ2) is 9.91. The molecule has 1 heterocycles. The molecule has 2 rings (SSSR count). The lowest BCUT2D eigenvalue weighted by Gasteiger charge is -2.29. The summed E-state index contributed by atoms with van der Waals surface area (Å²) in [5, 5.41) is 12.4. The molecule has 0 spiro atoms. The van der Waals surface area contributed by atoms with Gasteiger partial charge in [-0.15, -0.1) is 0 Å². The highest BCUT2D eigenvalue weighted by Gasteiger charge is 2.23. The molecule has 1 amide bonds. The number of benzene rings is 1. The molecule has 29 heavy (non-hydrogen) atoms. The molecule has 1 aromatic carbocycles. The molecule has 1 fully saturated rings. The van der Waals surface area contributed by atoms with Crippen molar-refractivity contribution < 1.29 is 14.3 Å². The molecule has 0 atom stereocenters. The van der Waals surface area contributed by atoms with Gasteiger partial charge in [0.1, 0.15) is 11.6 Å². The summed E-state index contributed by atoms with van der Waals surface area (Å²) in [6.07, 6.45) is 2.28. The Bertz CT molecular complexity index is 749. The smallest absolute Gasteiger partial charge is 0.262 e. The van der Waals surface area contributed by atoms with Crippen LogP contribution in [0.15, 0.2) is 29.8 Å². The Morgan fingerprint density at radius 2 is 1.83 bits per heavy atom. The lowest BCUT2D eigenvalue weighted by atomic mass is 10.00. The molecule has 0 aromatic heterocycles. The van der Waals surface area contributed by atoms with Gasteiger partial charge < -0.3 is 19.7 Å². The first-order valence-corrected chi connectivity index (χ1v) is 10.1. The Hall–Kier alpha value is -2.36. The number of morpholine rings is 1. The fraction of sp³-hybridized carbons (Fsp3) is 0.565. The van der Waals surface area contributed by atoms with E-state index in [0.717, 1.165) is 37.6 Å². The number of anilines is 1. The number of amides is 1. The van der Waals surface area contributed by atoms with Crippen LogP contribution in [0.3, 0.4) is 0 Å². The number of nitrogens with zero attached hydrogens (tertiary/aromatic N) is 2. The number of ether oxygens (including phenoxy) is 2. The first-order valence-electron chi connectivity index (χ1n) is 10.1. The molecule has 6 heteroatoms. The van der Waals surface area contributed by atoms with Gasteiger partial charge in [0.25, 0.3) is 5.91 Å². The second-order valence-corrected chi connectivity index (χ2v) is 8.91.